The van der Waals surface area contributed by atoms with Crippen molar-refractivity contribution in [1.82, 2.24) is 20.1 Å². The number of piperazine rings is 1. The number of anilines is 1. The molecule has 3 heterocycles. The normalized spacial score (nSPS) is 21.3. The van der Waals surface area contributed by atoms with E-state index >= 15 is 0 Å². The van der Waals surface area contributed by atoms with Crippen molar-refractivity contribution in [2.24, 2.45) is 4.99 Å². The van der Waals surface area contributed by atoms with Gasteiger partial charge in [0.15, 0.2) is 5.96 Å². The van der Waals surface area contributed by atoms with Crippen LogP contribution in [0.1, 0.15) is 25.8 Å². The summed E-state index contributed by atoms with van der Waals surface area (Å²) in [6.07, 6.45) is 2.46. The van der Waals surface area contributed by atoms with Crippen LogP contribution in [0.3, 0.4) is 0 Å². The maximum atomic E-state index is 9.78. The maximum absolute atomic E-state index is 9.78. The van der Waals surface area contributed by atoms with Crippen molar-refractivity contribution in [1.29, 1.82) is 0 Å². The number of aromatic nitrogens is 1. The smallest absolute Gasteiger partial charge is 0.194 e. The van der Waals surface area contributed by atoms with E-state index in [-0.39, 0.29) is 30.1 Å². The van der Waals surface area contributed by atoms with Gasteiger partial charge in [-0.25, -0.2) is 9.98 Å². The number of aliphatic imine (C=N–C) groups is 1. The van der Waals surface area contributed by atoms with Gasteiger partial charge in [-0.15, -0.1) is 24.0 Å². The number of halogens is 1. The number of hydrogen-bond donors (Lipinski definition) is 2. The van der Waals surface area contributed by atoms with Crippen molar-refractivity contribution in [3.8, 4) is 0 Å². The predicted octanol–water partition coefficient (Wildman–Crippen LogP) is 1.37. The summed E-state index contributed by atoms with van der Waals surface area (Å²) in [4.78, 5) is 16.3. The summed E-state index contributed by atoms with van der Waals surface area (Å²) in [6.45, 7) is 12.6. The highest BCUT2D eigenvalue weighted by molar-refractivity contribution is 14.0. The zero-order chi connectivity index (χ0) is 18.4. The standard InChI is InChI=1S/C19H32N6O.HI/c1-3-20-19(25-8-6-17(26)15-25)22-14-16-5-7-21-18(13-16)24-11-9-23(4-2)10-12-24;/h5,7,13,17,26H,3-4,6,8-12,14-15H2,1-2H3,(H,20,22);1H/t17-;/m1./s1. The number of β-amino-alcohol motifs (C(OH)–C–C–N with tert-alkyl or cyclic N) is 1. The first-order chi connectivity index (χ1) is 12.7. The average Bonchev–Trinajstić information content (AvgIpc) is 3.11. The molecule has 3 rings (SSSR count). The van der Waals surface area contributed by atoms with E-state index in [1.54, 1.807) is 0 Å². The Morgan fingerprint density at radius 3 is 2.67 bits per heavy atom. The van der Waals surface area contributed by atoms with E-state index in [1.807, 2.05) is 12.3 Å². The molecule has 27 heavy (non-hydrogen) atoms. The van der Waals surface area contributed by atoms with Gasteiger partial charge in [0, 0.05) is 52.0 Å². The molecule has 2 aliphatic rings. The van der Waals surface area contributed by atoms with E-state index in [1.165, 1.54) is 5.56 Å². The summed E-state index contributed by atoms with van der Waals surface area (Å²) < 4.78 is 0. The minimum atomic E-state index is -0.242. The molecule has 0 saturated carbocycles. The summed E-state index contributed by atoms with van der Waals surface area (Å²) in [7, 11) is 0. The van der Waals surface area contributed by atoms with Gasteiger partial charge in [0.05, 0.1) is 12.6 Å². The second kappa shape index (κ2) is 11.0. The molecule has 7 nitrogen and oxygen atoms in total. The van der Waals surface area contributed by atoms with Crippen LogP contribution in [-0.4, -0.2) is 84.3 Å². The molecule has 2 fully saturated rings. The highest BCUT2D eigenvalue weighted by atomic mass is 127. The SMILES string of the molecule is CCNC(=NCc1ccnc(N2CCN(CC)CC2)c1)N1CC[C@@H](O)C1.I. The molecule has 2 N–H and O–H groups in total. The molecule has 8 heteroatoms. The Kier molecular flexibility index (Phi) is 9.04. The van der Waals surface area contributed by atoms with Gasteiger partial charge in [0.1, 0.15) is 5.82 Å². The Labute approximate surface area is 179 Å². The van der Waals surface area contributed by atoms with Crippen LogP contribution in [-0.2, 0) is 6.54 Å². The van der Waals surface area contributed by atoms with Crippen molar-refractivity contribution in [3.63, 3.8) is 0 Å². The quantitative estimate of drug-likeness (QED) is 0.371. The van der Waals surface area contributed by atoms with Crippen LogP contribution >= 0.6 is 24.0 Å². The van der Waals surface area contributed by atoms with Crippen LogP contribution in [0.2, 0.25) is 0 Å². The molecule has 1 aromatic heterocycles. The first-order valence-corrected chi connectivity index (χ1v) is 9.83. The van der Waals surface area contributed by atoms with Crippen LogP contribution < -0.4 is 10.2 Å². The molecule has 2 saturated heterocycles. The monoisotopic (exact) mass is 488 g/mol. The molecule has 0 spiro atoms. The molecule has 0 radical (unpaired) electrons. The first kappa shape index (κ1) is 22.2. The third kappa shape index (κ3) is 6.18. The van der Waals surface area contributed by atoms with Gasteiger partial charge in [-0.3, -0.25) is 0 Å². The Hall–Kier alpha value is -1.13. The predicted molar refractivity (Wildman–Crippen MR) is 121 cm³/mol. The minimum Gasteiger partial charge on any atom is -0.391 e. The van der Waals surface area contributed by atoms with Crippen LogP contribution in [0.15, 0.2) is 23.3 Å². The molecule has 1 aromatic rings. The van der Waals surface area contributed by atoms with Crippen LogP contribution in [0, 0.1) is 0 Å². The Bertz CT molecular complexity index is 606. The third-order valence-electron chi connectivity index (χ3n) is 5.16. The number of likely N-dealkylation sites (tertiary alicyclic amines) is 1. The zero-order valence-electron chi connectivity index (χ0n) is 16.5. The number of aliphatic hydroxyl groups excluding tert-OH is 1. The molecule has 0 unspecified atom stereocenters. The van der Waals surface area contributed by atoms with E-state index in [0.717, 1.165) is 64.0 Å². The Morgan fingerprint density at radius 2 is 2.04 bits per heavy atom. The topological polar surface area (TPSA) is 67.2 Å². The summed E-state index contributed by atoms with van der Waals surface area (Å²) in [5.74, 6) is 1.94. The lowest BCUT2D eigenvalue weighted by molar-refractivity contribution is 0.188. The largest absolute Gasteiger partial charge is 0.391 e. The Morgan fingerprint density at radius 1 is 1.26 bits per heavy atom. The lowest BCUT2D eigenvalue weighted by Crippen LogP contribution is -2.46. The lowest BCUT2D eigenvalue weighted by atomic mass is 10.2. The second-order valence-corrected chi connectivity index (χ2v) is 7.00. The molecule has 2 aliphatic heterocycles. The highest BCUT2D eigenvalue weighted by Gasteiger charge is 2.23. The van der Waals surface area contributed by atoms with Crippen LogP contribution in [0.4, 0.5) is 5.82 Å². The highest BCUT2D eigenvalue weighted by Crippen LogP contribution is 2.16. The van der Waals surface area contributed by atoms with E-state index < -0.39 is 0 Å². The molecule has 0 amide bonds. The number of aliphatic hydroxyl groups is 1. The van der Waals surface area contributed by atoms with Gasteiger partial charge < -0.3 is 25.1 Å². The maximum Gasteiger partial charge on any atom is 0.194 e. The molecule has 0 aliphatic carbocycles. The summed E-state index contributed by atoms with van der Waals surface area (Å²) >= 11 is 0. The number of guanidine groups is 1. The van der Waals surface area contributed by atoms with Crippen molar-refractivity contribution in [3.05, 3.63) is 23.9 Å². The summed E-state index contributed by atoms with van der Waals surface area (Å²) in [6, 6.07) is 4.20. The second-order valence-electron chi connectivity index (χ2n) is 7.00. The number of nitrogens with zero attached hydrogens (tertiary/aromatic N) is 5. The molecule has 152 valence electrons. The first-order valence-electron chi connectivity index (χ1n) is 9.83. The molecule has 1 atom stereocenters. The fourth-order valence-corrected chi connectivity index (χ4v) is 3.55. The van der Waals surface area contributed by atoms with Gasteiger partial charge in [-0.2, -0.15) is 0 Å². The van der Waals surface area contributed by atoms with Crippen molar-refractivity contribution < 1.29 is 5.11 Å². The van der Waals surface area contributed by atoms with E-state index in [9.17, 15) is 5.11 Å². The summed E-state index contributed by atoms with van der Waals surface area (Å²) in [5, 5.41) is 13.1. The zero-order valence-corrected chi connectivity index (χ0v) is 18.8. The molecular formula is C19H33IN6O. The van der Waals surface area contributed by atoms with E-state index in [0.29, 0.717) is 13.1 Å². The van der Waals surface area contributed by atoms with Crippen molar-refractivity contribution in [2.45, 2.75) is 32.9 Å². The van der Waals surface area contributed by atoms with Gasteiger partial charge in [-0.05, 0) is 37.6 Å². The average molecular weight is 488 g/mol. The minimum absolute atomic E-state index is 0. The Balaban J connectivity index is 0.00000261. The van der Waals surface area contributed by atoms with Crippen LogP contribution in [0.5, 0.6) is 0 Å². The fourth-order valence-electron chi connectivity index (χ4n) is 3.55. The molecule has 0 bridgehead atoms. The van der Waals surface area contributed by atoms with Crippen LogP contribution in [0.25, 0.3) is 0 Å². The van der Waals surface area contributed by atoms with E-state index in [2.05, 4.69) is 44.9 Å². The number of pyridine rings is 1. The van der Waals surface area contributed by atoms with Crippen molar-refractivity contribution in [2.75, 3.05) is 57.3 Å². The fraction of sp³-hybridized carbons (Fsp3) is 0.684. The van der Waals surface area contributed by atoms with Gasteiger partial charge >= 0.3 is 0 Å². The van der Waals surface area contributed by atoms with Gasteiger partial charge in [0.2, 0.25) is 0 Å². The number of rotatable bonds is 5. The van der Waals surface area contributed by atoms with Crippen molar-refractivity contribution >= 4 is 35.8 Å². The number of likely N-dealkylation sites (N-methyl/N-ethyl adjacent to an activating group) is 1. The van der Waals surface area contributed by atoms with E-state index in [4.69, 9.17) is 4.99 Å². The molecular weight excluding hydrogens is 455 g/mol. The number of hydrogen-bond acceptors (Lipinski definition) is 5. The molecule has 0 aromatic carbocycles. The van der Waals surface area contributed by atoms with Gasteiger partial charge in [0.25, 0.3) is 0 Å². The number of nitrogens with one attached hydrogen (secondary N) is 1. The third-order valence-corrected chi connectivity index (χ3v) is 5.16. The summed E-state index contributed by atoms with van der Waals surface area (Å²) in [5.41, 5.74) is 1.17. The van der Waals surface area contributed by atoms with Gasteiger partial charge in [-0.1, -0.05) is 6.92 Å². The lowest BCUT2D eigenvalue weighted by Gasteiger charge is -2.34.